The molecule has 3 heterocycles. The van der Waals surface area contributed by atoms with Crippen LogP contribution in [0.25, 0.3) is 0 Å². The highest BCUT2D eigenvalue weighted by molar-refractivity contribution is 6.04. The average Bonchev–Trinajstić information content (AvgIpc) is 3.20. The summed E-state index contributed by atoms with van der Waals surface area (Å²) in [7, 11) is 1.64. The number of hydrogen-bond acceptors (Lipinski definition) is 6. The third kappa shape index (κ3) is 2.88. The van der Waals surface area contributed by atoms with Crippen molar-refractivity contribution >= 4 is 5.71 Å². The minimum atomic E-state index is -0.429. The molecule has 29 heavy (non-hydrogen) atoms. The van der Waals surface area contributed by atoms with Crippen LogP contribution in [-0.2, 0) is 0 Å². The van der Waals surface area contributed by atoms with Crippen molar-refractivity contribution in [1.29, 1.82) is 0 Å². The van der Waals surface area contributed by atoms with Crippen LogP contribution in [0, 0.1) is 6.92 Å². The summed E-state index contributed by atoms with van der Waals surface area (Å²) in [6.07, 6.45) is 3.76. The number of hydrazone groups is 1. The quantitative estimate of drug-likeness (QED) is 0.724. The molecule has 2 atom stereocenters. The third-order valence-corrected chi connectivity index (χ3v) is 5.43. The molecule has 146 valence electrons. The van der Waals surface area contributed by atoms with Crippen molar-refractivity contribution < 1.29 is 14.6 Å². The number of ether oxygens (including phenoxy) is 2. The Morgan fingerprint density at radius 3 is 2.86 bits per heavy atom. The Balaban J connectivity index is 1.64. The first kappa shape index (κ1) is 17.6. The Morgan fingerprint density at radius 2 is 2.07 bits per heavy atom. The summed E-state index contributed by atoms with van der Waals surface area (Å²) < 4.78 is 11.9. The van der Waals surface area contributed by atoms with E-state index in [1.807, 2.05) is 54.4 Å². The van der Waals surface area contributed by atoms with E-state index in [9.17, 15) is 5.11 Å². The molecule has 0 fully saturated rings. The number of para-hydroxylation sites is 1. The highest BCUT2D eigenvalue weighted by Crippen LogP contribution is 2.50. The minimum Gasteiger partial charge on any atom is -0.507 e. The second-order valence-corrected chi connectivity index (χ2v) is 7.30. The fraction of sp³-hybridized carbons (Fsp3) is 0.217. The Labute approximate surface area is 169 Å². The van der Waals surface area contributed by atoms with Crippen LogP contribution in [0.3, 0.4) is 0 Å². The topological polar surface area (TPSA) is 67.2 Å². The van der Waals surface area contributed by atoms with Gasteiger partial charge in [0.25, 0.3) is 0 Å². The van der Waals surface area contributed by atoms with Gasteiger partial charge in [-0.1, -0.05) is 29.8 Å². The van der Waals surface area contributed by atoms with E-state index in [4.69, 9.17) is 14.6 Å². The number of aromatic nitrogens is 1. The first-order chi connectivity index (χ1) is 14.2. The molecule has 2 aliphatic rings. The molecule has 0 saturated carbocycles. The van der Waals surface area contributed by atoms with Gasteiger partial charge in [-0.25, -0.2) is 5.01 Å². The smallest absolute Gasteiger partial charge is 0.215 e. The second-order valence-electron chi connectivity index (χ2n) is 7.30. The SMILES string of the molecule is COc1cccc2c1O[C@H](c1cccnc1)N1N=C(c3cc(C)ccc3O)C[C@H]21. The molecule has 0 spiro atoms. The van der Waals surface area contributed by atoms with Gasteiger partial charge in [-0.3, -0.25) is 4.98 Å². The van der Waals surface area contributed by atoms with Crippen molar-refractivity contribution in [3.63, 3.8) is 0 Å². The molecule has 0 aliphatic carbocycles. The molecule has 1 aromatic heterocycles. The molecular weight excluding hydrogens is 366 g/mol. The van der Waals surface area contributed by atoms with Gasteiger partial charge in [-0.2, -0.15) is 5.10 Å². The van der Waals surface area contributed by atoms with E-state index in [0.29, 0.717) is 12.2 Å². The van der Waals surface area contributed by atoms with Crippen LogP contribution in [-0.4, -0.2) is 27.9 Å². The molecule has 0 radical (unpaired) electrons. The highest BCUT2D eigenvalue weighted by atomic mass is 16.5. The number of nitrogens with zero attached hydrogens (tertiary/aromatic N) is 3. The lowest BCUT2D eigenvalue weighted by molar-refractivity contribution is -0.0211. The van der Waals surface area contributed by atoms with E-state index < -0.39 is 6.23 Å². The van der Waals surface area contributed by atoms with Gasteiger partial charge in [0.1, 0.15) is 5.75 Å². The number of fused-ring (bicyclic) bond motifs is 3. The molecular formula is C23H21N3O3. The maximum atomic E-state index is 10.4. The summed E-state index contributed by atoms with van der Waals surface area (Å²) >= 11 is 0. The van der Waals surface area contributed by atoms with Gasteiger partial charge in [-0.05, 0) is 31.2 Å². The van der Waals surface area contributed by atoms with Gasteiger partial charge in [0.05, 0.1) is 18.9 Å². The fourth-order valence-electron chi connectivity index (χ4n) is 4.03. The van der Waals surface area contributed by atoms with E-state index in [1.165, 1.54) is 0 Å². The number of benzene rings is 2. The van der Waals surface area contributed by atoms with Gasteiger partial charge in [0, 0.05) is 35.5 Å². The number of phenolic OH excluding ortho intramolecular Hbond substituents is 1. The standard InChI is InChI=1S/C23H21N3O3/c1-14-8-9-20(27)17(11-14)18-12-19-16-6-3-7-21(28-2)22(16)29-23(26(19)25-18)15-5-4-10-24-13-15/h3-11,13,19,23,27H,12H2,1-2H3/t19-,23-/m1/s1. The molecule has 0 bridgehead atoms. The lowest BCUT2D eigenvalue weighted by Gasteiger charge is -2.38. The lowest BCUT2D eigenvalue weighted by Crippen LogP contribution is -2.33. The third-order valence-electron chi connectivity index (χ3n) is 5.43. The first-order valence-electron chi connectivity index (χ1n) is 9.55. The fourth-order valence-corrected chi connectivity index (χ4v) is 4.03. The molecule has 5 rings (SSSR count). The largest absolute Gasteiger partial charge is 0.507 e. The van der Waals surface area contributed by atoms with Crippen molar-refractivity contribution in [2.45, 2.75) is 25.6 Å². The summed E-state index contributed by atoms with van der Waals surface area (Å²) in [4.78, 5) is 4.25. The van der Waals surface area contributed by atoms with Gasteiger partial charge >= 0.3 is 0 Å². The molecule has 0 saturated heterocycles. The first-order valence-corrected chi connectivity index (χ1v) is 9.55. The predicted octanol–water partition coefficient (Wildman–Crippen LogP) is 4.35. The van der Waals surface area contributed by atoms with Gasteiger partial charge in [0.15, 0.2) is 11.5 Å². The Bertz CT molecular complexity index is 1100. The number of methoxy groups -OCH3 is 1. The Kier molecular flexibility index (Phi) is 4.12. The zero-order valence-electron chi connectivity index (χ0n) is 16.2. The van der Waals surface area contributed by atoms with Crippen molar-refractivity contribution in [3.05, 3.63) is 83.2 Å². The van der Waals surface area contributed by atoms with Crippen LogP contribution < -0.4 is 9.47 Å². The van der Waals surface area contributed by atoms with Crippen molar-refractivity contribution in [1.82, 2.24) is 9.99 Å². The van der Waals surface area contributed by atoms with Crippen LogP contribution in [0.5, 0.6) is 17.2 Å². The minimum absolute atomic E-state index is 0.0195. The zero-order valence-corrected chi connectivity index (χ0v) is 16.2. The summed E-state index contributed by atoms with van der Waals surface area (Å²) in [5, 5.41) is 17.3. The maximum absolute atomic E-state index is 10.4. The number of rotatable bonds is 3. The number of aryl methyl sites for hydroxylation is 1. The molecule has 1 N–H and O–H groups in total. The second kappa shape index (κ2) is 6.81. The van der Waals surface area contributed by atoms with Crippen LogP contribution >= 0.6 is 0 Å². The molecule has 6 nitrogen and oxygen atoms in total. The molecule has 0 unspecified atom stereocenters. The number of phenols is 1. The van der Waals surface area contributed by atoms with Crippen molar-refractivity contribution in [2.24, 2.45) is 5.10 Å². The Morgan fingerprint density at radius 1 is 1.17 bits per heavy atom. The van der Waals surface area contributed by atoms with Crippen LogP contribution in [0.1, 0.15) is 40.9 Å². The van der Waals surface area contributed by atoms with E-state index in [2.05, 4.69) is 4.98 Å². The highest BCUT2D eigenvalue weighted by Gasteiger charge is 2.42. The van der Waals surface area contributed by atoms with Gasteiger partial charge < -0.3 is 14.6 Å². The molecule has 3 aromatic rings. The zero-order chi connectivity index (χ0) is 20.0. The summed E-state index contributed by atoms with van der Waals surface area (Å²) in [6, 6.07) is 15.3. The summed E-state index contributed by atoms with van der Waals surface area (Å²) in [5.74, 6) is 1.66. The average molecular weight is 387 g/mol. The van der Waals surface area contributed by atoms with Gasteiger partial charge in [0.2, 0.25) is 6.23 Å². The number of hydrogen-bond donors (Lipinski definition) is 1. The van der Waals surface area contributed by atoms with Crippen LogP contribution in [0.2, 0.25) is 0 Å². The monoisotopic (exact) mass is 387 g/mol. The number of aromatic hydroxyl groups is 1. The Hall–Kier alpha value is -3.54. The van der Waals surface area contributed by atoms with Crippen molar-refractivity contribution in [3.8, 4) is 17.2 Å². The van der Waals surface area contributed by atoms with E-state index in [0.717, 1.165) is 33.7 Å². The van der Waals surface area contributed by atoms with E-state index >= 15 is 0 Å². The van der Waals surface area contributed by atoms with Gasteiger partial charge in [-0.15, -0.1) is 0 Å². The molecule has 2 aromatic carbocycles. The lowest BCUT2D eigenvalue weighted by atomic mass is 9.95. The van der Waals surface area contributed by atoms with Crippen LogP contribution in [0.15, 0.2) is 66.0 Å². The molecule has 6 heteroatoms. The van der Waals surface area contributed by atoms with E-state index in [1.54, 1.807) is 25.6 Å². The predicted molar refractivity (Wildman–Crippen MR) is 109 cm³/mol. The summed E-state index contributed by atoms with van der Waals surface area (Å²) in [5.41, 5.74) is 4.61. The van der Waals surface area contributed by atoms with Crippen LogP contribution in [0.4, 0.5) is 0 Å². The summed E-state index contributed by atoms with van der Waals surface area (Å²) in [6.45, 7) is 2.01. The van der Waals surface area contributed by atoms with E-state index in [-0.39, 0.29) is 11.8 Å². The number of pyridine rings is 1. The molecule has 0 amide bonds. The maximum Gasteiger partial charge on any atom is 0.215 e. The normalized spacial score (nSPS) is 19.8. The van der Waals surface area contributed by atoms with Crippen molar-refractivity contribution in [2.75, 3.05) is 7.11 Å². The molecule has 2 aliphatic heterocycles.